The lowest BCUT2D eigenvalue weighted by Gasteiger charge is -2.20. The number of amides is 1. The van der Waals surface area contributed by atoms with Crippen molar-refractivity contribution in [2.24, 2.45) is 12.0 Å². The second-order valence-corrected chi connectivity index (χ2v) is 10.9. The van der Waals surface area contributed by atoms with E-state index >= 15 is 0 Å². The van der Waals surface area contributed by atoms with Crippen molar-refractivity contribution in [3.05, 3.63) is 94.3 Å². The number of sulfonamides is 1. The zero-order valence-electron chi connectivity index (χ0n) is 20.0. The van der Waals surface area contributed by atoms with E-state index in [1.165, 1.54) is 47.0 Å². The SMILES string of the molecule is CCN(Cc1ccccc1)S(=O)(=O)c1ccc(C(=O)N=c2sc3cc(C(=O)OC)ccc3n2C)cc1. The number of hydrogen-bond acceptors (Lipinski definition) is 6. The van der Waals surface area contributed by atoms with Crippen LogP contribution in [0.5, 0.6) is 0 Å². The third-order valence-electron chi connectivity index (χ3n) is 5.72. The van der Waals surface area contributed by atoms with Gasteiger partial charge < -0.3 is 9.30 Å². The predicted molar refractivity (Wildman–Crippen MR) is 138 cm³/mol. The number of nitrogens with zero attached hydrogens (tertiary/aromatic N) is 3. The van der Waals surface area contributed by atoms with E-state index in [0.29, 0.717) is 16.9 Å². The van der Waals surface area contributed by atoms with Crippen molar-refractivity contribution in [1.29, 1.82) is 0 Å². The van der Waals surface area contributed by atoms with E-state index in [4.69, 9.17) is 4.74 Å². The standard InChI is InChI=1S/C26H25N3O5S2/c1-4-29(17-18-8-6-5-7-9-18)36(32,33)21-13-10-19(11-14-21)24(30)27-26-28(2)22-15-12-20(25(31)34-3)16-23(22)35-26/h5-16H,4,17H2,1-3H3. The monoisotopic (exact) mass is 523 g/mol. The van der Waals surface area contributed by atoms with Crippen molar-refractivity contribution in [2.45, 2.75) is 18.4 Å². The van der Waals surface area contributed by atoms with E-state index in [-0.39, 0.29) is 17.0 Å². The van der Waals surface area contributed by atoms with Crippen LogP contribution in [-0.2, 0) is 28.4 Å². The molecule has 0 spiro atoms. The zero-order valence-corrected chi connectivity index (χ0v) is 21.7. The molecular formula is C26H25N3O5S2. The van der Waals surface area contributed by atoms with E-state index in [9.17, 15) is 18.0 Å². The minimum atomic E-state index is -3.74. The summed E-state index contributed by atoms with van der Waals surface area (Å²) >= 11 is 1.27. The second-order valence-electron chi connectivity index (χ2n) is 7.98. The molecule has 3 aromatic carbocycles. The number of benzene rings is 3. The highest BCUT2D eigenvalue weighted by Gasteiger charge is 2.23. The van der Waals surface area contributed by atoms with Crippen LogP contribution < -0.4 is 4.80 Å². The molecule has 10 heteroatoms. The Bertz CT molecular complexity index is 1590. The third-order valence-corrected chi connectivity index (χ3v) is 8.75. The Balaban J connectivity index is 1.59. The molecule has 36 heavy (non-hydrogen) atoms. The Morgan fingerprint density at radius 2 is 1.67 bits per heavy atom. The van der Waals surface area contributed by atoms with Crippen LogP contribution in [0.1, 0.15) is 33.2 Å². The molecule has 8 nitrogen and oxygen atoms in total. The highest BCUT2D eigenvalue weighted by atomic mass is 32.2. The molecule has 186 valence electrons. The third kappa shape index (κ3) is 5.15. The van der Waals surface area contributed by atoms with Gasteiger partial charge in [-0.15, -0.1) is 0 Å². The van der Waals surface area contributed by atoms with Crippen LogP contribution in [0.25, 0.3) is 10.2 Å². The molecular weight excluding hydrogens is 498 g/mol. The van der Waals surface area contributed by atoms with Crippen LogP contribution in [0, 0.1) is 0 Å². The quantitative estimate of drug-likeness (QED) is 0.341. The predicted octanol–water partition coefficient (Wildman–Crippen LogP) is 3.98. The molecule has 0 radical (unpaired) electrons. The van der Waals surface area contributed by atoms with Crippen LogP contribution in [0.2, 0.25) is 0 Å². The van der Waals surface area contributed by atoms with Crippen molar-refractivity contribution < 1.29 is 22.7 Å². The summed E-state index contributed by atoms with van der Waals surface area (Å²) in [7, 11) is -0.635. The number of aromatic nitrogens is 1. The van der Waals surface area contributed by atoms with Crippen LogP contribution in [-0.4, -0.2) is 42.8 Å². The first-order valence-electron chi connectivity index (χ1n) is 11.2. The Labute approximate surface area is 213 Å². The lowest BCUT2D eigenvalue weighted by Crippen LogP contribution is -2.30. The summed E-state index contributed by atoms with van der Waals surface area (Å²) in [4.78, 5) is 29.5. The smallest absolute Gasteiger partial charge is 0.337 e. The van der Waals surface area contributed by atoms with E-state index in [1.807, 2.05) is 30.3 Å². The molecule has 0 saturated heterocycles. The number of esters is 1. The number of fused-ring (bicyclic) bond motifs is 1. The van der Waals surface area contributed by atoms with Crippen LogP contribution in [0.3, 0.4) is 0 Å². The Morgan fingerprint density at radius 1 is 1.00 bits per heavy atom. The van der Waals surface area contributed by atoms with E-state index in [0.717, 1.165) is 15.8 Å². The molecule has 1 amide bonds. The van der Waals surface area contributed by atoms with Crippen molar-refractivity contribution in [2.75, 3.05) is 13.7 Å². The summed E-state index contributed by atoms with van der Waals surface area (Å²) < 4.78 is 35.0. The Morgan fingerprint density at radius 3 is 2.31 bits per heavy atom. The number of aryl methyl sites for hydroxylation is 1. The molecule has 1 aromatic heterocycles. The van der Waals surface area contributed by atoms with Gasteiger partial charge in [0.1, 0.15) is 0 Å². The summed E-state index contributed by atoms with van der Waals surface area (Å²) in [6.45, 7) is 2.36. The second kappa shape index (κ2) is 10.6. The van der Waals surface area contributed by atoms with Gasteiger partial charge in [-0.25, -0.2) is 13.2 Å². The van der Waals surface area contributed by atoms with Gasteiger partial charge in [0.25, 0.3) is 5.91 Å². The van der Waals surface area contributed by atoms with Crippen LogP contribution in [0.15, 0.2) is 82.7 Å². The minimum Gasteiger partial charge on any atom is -0.465 e. The molecule has 0 N–H and O–H groups in total. The van der Waals surface area contributed by atoms with Gasteiger partial charge in [0, 0.05) is 25.7 Å². The largest absolute Gasteiger partial charge is 0.465 e. The fourth-order valence-electron chi connectivity index (χ4n) is 3.71. The normalized spacial score (nSPS) is 12.3. The number of rotatable bonds is 7. The zero-order chi connectivity index (χ0) is 25.9. The molecule has 0 unspecified atom stereocenters. The number of ether oxygens (including phenoxy) is 1. The molecule has 4 aromatic rings. The van der Waals surface area contributed by atoms with Crippen molar-refractivity contribution in [1.82, 2.24) is 8.87 Å². The molecule has 0 aliphatic heterocycles. The van der Waals surface area contributed by atoms with E-state index in [2.05, 4.69) is 4.99 Å². The summed E-state index contributed by atoms with van der Waals surface area (Å²) in [5.74, 6) is -0.936. The topological polar surface area (TPSA) is 98.0 Å². The van der Waals surface area contributed by atoms with Gasteiger partial charge in [-0.1, -0.05) is 48.6 Å². The van der Waals surface area contributed by atoms with E-state index < -0.39 is 21.9 Å². The van der Waals surface area contributed by atoms with Gasteiger partial charge in [-0.05, 0) is 48.0 Å². The maximum atomic E-state index is 13.2. The lowest BCUT2D eigenvalue weighted by molar-refractivity contribution is 0.0600. The van der Waals surface area contributed by atoms with Gasteiger partial charge >= 0.3 is 5.97 Å². The number of hydrogen-bond donors (Lipinski definition) is 0. The van der Waals surface area contributed by atoms with Crippen molar-refractivity contribution >= 4 is 43.5 Å². The molecule has 0 aliphatic rings. The molecule has 0 fully saturated rings. The summed E-state index contributed by atoms with van der Waals surface area (Å²) in [5, 5.41) is 0. The van der Waals surface area contributed by atoms with Crippen LogP contribution >= 0.6 is 11.3 Å². The number of carbonyl (C=O) groups excluding carboxylic acids is 2. The lowest BCUT2D eigenvalue weighted by atomic mass is 10.2. The molecule has 0 saturated carbocycles. The molecule has 1 heterocycles. The maximum Gasteiger partial charge on any atom is 0.337 e. The highest BCUT2D eigenvalue weighted by molar-refractivity contribution is 7.89. The number of methoxy groups -OCH3 is 1. The van der Waals surface area contributed by atoms with Gasteiger partial charge in [0.2, 0.25) is 10.0 Å². The average molecular weight is 524 g/mol. The maximum absolute atomic E-state index is 13.2. The molecule has 0 aliphatic carbocycles. The van der Waals surface area contributed by atoms with Gasteiger partial charge in [-0.2, -0.15) is 9.30 Å². The number of thiazole rings is 1. The highest BCUT2D eigenvalue weighted by Crippen LogP contribution is 2.21. The van der Waals surface area contributed by atoms with Gasteiger partial charge in [-0.3, -0.25) is 4.79 Å². The fourth-order valence-corrected chi connectivity index (χ4v) is 6.20. The summed E-state index contributed by atoms with van der Waals surface area (Å²) in [6, 6.07) is 20.3. The van der Waals surface area contributed by atoms with Crippen molar-refractivity contribution in [3.63, 3.8) is 0 Å². The molecule has 0 bridgehead atoms. The first-order chi connectivity index (χ1) is 17.2. The molecule has 0 atom stereocenters. The first kappa shape index (κ1) is 25.5. The summed E-state index contributed by atoms with van der Waals surface area (Å²) in [6.07, 6.45) is 0. The minimum absolute atomic E-state index is 0.111. The van der Waals surface area contributed by atoms with Crippen molar-refractivity contribution in [3.8, 4) is 0 Å². The average Bonchev–Trinajstić information content (AvgIpc) is 3.21. The fraction of sp³-hybridized carbons (Fsp3) is 0.192. The summed E-state index contributed by atoms with van der Waals surface area (Å²) in [5.41, 5.74) is 2.39. The van der Waals surface area contributed by atoms with Crippen LogP contribution in [0.4, 0.5) is 0 Å². The Kier molecular flexibility index (Phi) is 7.48. The van der Waals surface area contributed by atoms with Gasteiger partial charge in [0.15, 0.2) is 4.80 Å². The molecule has 4 rings (SSSR count). The number of carbonyl (C=O) groups is 2. The first-order valence-corrected chi connectivity index (χ1v) is 13.4. The Hall–Kier alpha value is -3.60. The van der Waals surface area contributed by atoms with Gasteiger partial charge in [0.05, 0.1) is 27.8 Å². The van der Waals surface area contributed by atoms with E-state index in [1.54, 1.807) is 36.7 Å².